The fourth-order valence-electron chi connectivity index (χ4n) is 2.32. The largest absolute Gasteiger partial charge is 0.490 e. The highest BCUT2D eigenvalue weighted by molar-refractivity contribution is 7.80. The van der Waals surface area contributed by atoms with Crippen LogP contribution in [0.2, 0.25) is 0 Å². The zero-order chi connectivity index (χ0) is 13.1. The number of nitrogens with two attached hydrogens (primary N) is 1. The maximum absolute atomic E-state index is 13.2. The van der Waals surface area contributed by atoms with Crippen LogP contribution in [0, 0.1) is 11.7 Å². The van der Waals surface area contributed by atoms with Gasteiger partial charge in [-0.3, -0.25) is 0 Å². The summed E-state index contributed by atoms with van der Waals surface area (Å²) in [6, 6.07) is 4.33. The van der Waals surface area contributed by atoms with Gasteiger partial charge in [-0.15, -0.1) is 0 Å². The molecule has 1 fully saturated rings. The van der Waals surface area contributed by atoms with Crippen molar-refractivity contribution in [3.63, 3.8) is 0 Å². The fraction of sp³-hybridized carbons (Fsp3) is 0.500. The molecule has 0 aromatic heterocycles. The van der Waals surface area contributed by atoms with Crippen LogP contribution in [0.15, 0.2) is 18.2 Å². The van der Waals surface area contributed by atoms with E-state index in [4.69, 9.17) is 22.7 Å². The molecule has 0 unspecified atom stereocenters. The lowest BCUT2D eigenvalue weighted by atomic mass is 9.89. The third-order valence-electron chi connectivity index (χ3n) is 3.46. The molecule has 0 aliphatic heterocycles. The average molecular weight is 267 g/mol. The SMILES string of the molecule is CC1CCC(Oc2ccc(F)cc2C(N)=S)CC1. The molecule has 0 radical (unpaired) electrons. The molecular formula is C14H18FNOS. The van der Waals surface area contributed by atoms with Gasteiger partial charge in [0.15, 0.2) is 0 Å². The van der Waals surface area contributed by atoms with Gasteiger partial charge >= 0.3 is 0 Å². The number of ether oxygens (including phenoxy) is 1. The first-order chi connectivity index (χ1) is 8.56. The molecule has 4 heteroatoms. The second-order valence-electron chi connectivity index (χ2n) is 5.00. The molecule has 2 nitrogen and oxygen atoms in total. The van der Waals surface area contributed by atoms with E-state index in [9.17, 15) is 4.39 Å². The molecule has 1 aromatic carbocycles. The van der Waals surface area contributed by atoms with E-state index in [2.05, 4.69) is 6.92 Å². The number of benzene rings is 1. The van der Waals surface area contributed by atoms with Gasteiger partial charge in [-0.2, -0.15) is 0 Å². The van der Waals surface area contributed by atoms with Gasteiger partial charge in [0.2, 0.25) is 0 Å². The van der Waals surface area contributed by atoms with E-state index in [1.54, 1.807) is 6.07 Å². The molecular weight excluding hydrogens is 249 g/mol. The Morgan fingerprint density at radius 1 is 1.33 bits per heavy atom. The number of hydrogen-bond acceptors (Lipinski definition) is 2. The molecule has 1 aromatic rings. The van der Waals surface area contributed by atoms with Crippen molar-refractivity contribution in [1.82, 2.24) is 0 Å². The minimum Gasteiger partial charge on any atom is -0.490 e. The van der Waals surface area contributed by atoms with Crippen LogP contribution in [0.4, 0.5) is 4.39 Å². The lowest BCUT2D eigenvalue weighted by Crippen LogP contribution is -2.24. The summed E-state index contributed by atoms with van der Waals surface area (Å²) in [4.78, 5) is 0.175. The summed E-state index contributed by atoms with van der Waals surface area (Å²) in [5, 5.41) is 0. The van der Waals surface area contributed by atoms with Crippen LogP contribution in [0.5, 0.6) is 5.75 Å². The van der Waals surface area contributed by atoms with Crippen molar-refractivity contribution < 1.29 is 9.13 Å². The first-order valence-electron chi connectivity index (χ1n) is 6.32. The van der Waals surface area contributed by atoms with E-state index >= 15 is 0 Å². The van der Waals surface area contributed by atoms with Crippen LogP contribution in [0.1, 0.15) is 38.2 Å². The highest BCUT2D eigenvalue weighted by Crippen LogP contribution is 2.29. The Kier molecular flexibility index (Phi) is 4.17. The number of thiocarbonyl (C=S) groups is 1. The molecule has 1 saturated carbocycles. The van der Waals surface area contributed by atoms with Gasteiger partial charge < -0.3 is 10.5 Å². The van der Waals surface area contributed by atoms with Crippen molar-refractivity contribution in [3.8, 4) is 5.75 Å². The van der Waals surface area contributed by atoms with E-state index in [-0.39, 0.29) is 16.9 Å². The zero-order valence-corrected chi connectivity index (χ0v) is 11.3. The van der Waals surface area contributed by atoms with Crippen LogP contribution in [-0.2, 0) is 0 Å². The van der Waals surface area contributed by atoms with Crippen LogP contribution in [-0.4, -0.2) is 11.1 Å². The third-order valence-corrected chi connectivity index (χ3v) is 3.68. The quantitative estimate of drug-likeness (QED) is 0.852. The lowest BCUT2D eigenvalue weighted by Gasteiger charge is -2.27. The molecule has 1 aliphatic carbocycles. The van der Waals surface area contributed by atoms with E-state index in [1.807, 2.05) is 0 Å². The number of hydrogen-bond donors (Lipinski definition) is 1. The van der Waals surface area contributed by atoms with Crippen LogP contribution < -0.4 is 10.5 Å². The topological polar surface area (TPSA) is 35.2 Å². The molecule has 2 rings (SSSR count). The average Bonchev–Trinajstić information content (AvgIpc) is 2.34. The second-order valence-corrected chi connectivity index (χ2v) is 5.44. The lowest BCUT2D eigenvalue weighted by molar-refractivity contribution is 0.135. The molecule has 0 amide bonds. The van der Waals surface area contributed by atoms with Crippen molar-refractivity contribution in [3.05, 3.63) is 29.6 Å². The molecule has 0 spiro atoms. The van der Waals surface area contributed by atoms with E-state index in [1.165, 1.54) is 25.0 Å². The normalized spacial score (nSPS) is 23.7. The monoisotopic (exact) mass is 267 g/mol. The summed E-state index contributed by atoms with van der Waals surface area (Å²) in [5.41, 5.74) is 6.08. The van der Waals surface area contributed by atoms with Crippen LogP contribution in [0.3, 0.4) is 0 Å². The van der Waals surface area contributed by atoms with E-state index in [0.29, 0.717) is 11.3 Å². The fourth-order valence-corrected chi connectivity index (χ4v) is 2.48. The summed E-state index contributed by atoms with van der Waals surface area (Å²) in [6.45, 7) is 2.26. The predicted molar refractivity (Wildman–Crippen MR) is 74.3 cm³/mol. The Labute approximate surface area is 112 Å². The first-order valence-corrected chi connectivity index (χ1v) is 6.73. The van der Waals surface area contributed by atoms with Gasteiger partial charge in [-0.25, -0.2) is 4.39 Å². The molecule has 2 N–H and O–H groups in total. The highest BCUT2D eigenvalue weighted by atomic mass is 32.1. The van der Waals surface area contributed by atoms with Gasteiger partial charge in [0, 0.05) is 0 Å². The molecule has 0 saturated heterocycles. The van der Waals surface area contributed by atoms with Gasteiger partial charge in [0.25, 0.3) is 0 Å². The van der Waals surface area contributed by atoms with Crippen LogP contribution >= 0.6 is 12.2 Å². The van der Waals surface area contributed by atoms with Crippen molar-refractivity contribution in [2.45, 2.75) is 38.7 Å². The van der Waals surface area contributed by atoms with Gasteiger partial charge in [-0.05, 0) is 49.8 Å². The standard InChI is InChI=1S/C14H18FNOS/c1-9-2-5-11(6-3-9)17-13-7-4-10(15)8-12(13)14(16)18/h4,7-9,11H,2-3,5-6H2,1H3,(H2,16,18). The van der Waals surface area contributed by atoms with E-state index < -0.39 is 0 Å². The molecule has 0 heterocycles. The van der Waals surface area contributed by atoms with Crippen LogP contribution in [0.25, 0.3) is 0 Å². The summed E-state index contributed by atoms with van der Waals surface area (Å²) in [5.74, 6) is 1.03. The molecule has 18 heavy (non-hydrogen) atoms. The van der Waals surface area contributed by atoms with Crippen molar-refractivity contribution >= 4 is 17.2 Å². The smallest absolute Gasteiger partial charge is 0.130 e. The third kappa shape index (κ3) is 3.19. The maximum atomic E-state index is 13.2. The van der Waals surface area contributed by atoms with Crippen molar-refractivity contribution in [1.29, 1.82) is 0 Å². The molecule has 1 aliphatic rings. The molecule has 98 valence electrons. The van der Waals surface area contributed by atoms with Gasteiger partial charge in [0.05, 0.1) is 11.7 Å². The Morgan fingerprint density at radius 3 is 2.61 bits per heavy atom. The van der Waals surface area contributed by atoms with Crippen molar-refractivity contribution in [2.24, 2.45) is 11.7 Å². The Hall–Kier alpha value is -1.16. The van der Waals surface area contributed by atoms with Crippen molar-refractivity contribution in [2.75, 3.05) is 0 Å². The number of rotatable bonds is 3. The summed E-state index contributed by atoms with van der Waals surface area (Å²) >= 11 is 4.93. The minimum absolute atomic E-state index is 0.175. The minimum atomic E-state index is -0.345. The Balaban J connectivity index is 2.11. The maximum Gasteiger partial charge on any atom is 0.130 e. The summed E-state index contributed by atoms with van der Waals surface area (Å²) in [7, 11) is 0. The highest BCUT2D eigenvalue weighted by Gasteiger charge is 2.21. The molecule has 0 bridgehead atoms. The molecule has 0 atom stereocenters. The summed E-state index contributed by atoms with van der Waals surface area (Å²) < 4.78 is 19.1. The zero-order valence-electron chi connectivity index (χ0n) is 10.5. The summed E-state index contributed by atoms with van der Waals surface area (Å²) in [6.07, 6.45) is 4.62. The van der Waals surface area contributed by atoms with Gasteiger partial charge in [-0.1, -0.05) is 19.1 Å². The Bertz CT molecular complexity index is 441. The van der Waals surface area contributed by atoms with Gasteiger partial charge in [0.1, 0.15) is 16.6 Å². The first kappa shape index (κ1) is 13.3. The predicted octanol–water partition coefficient (Wildman–Crippen LogP) is 3.42. The second kappa shape index (κ2) is 5.65. The number of halogens is 1. The Morgan fingerprint density at radius 2 is 2.00 bits per heavy atom. The van der Waals surface area contributed by atoms with E-state index in [0.717, 1.165) is 18.8 Å².